The molecule has 0 aliphatic rings. The lowest BCUT2D eigenvalue weighted by Gasteiger charge is -2.07. The van der Waals surface area contributed by atoms with Crippen LogP contribution in [0.5, 0.6) is 11.8 Å². The van der Waals surface area contributed by atoms with Crippen LogP contribution in [-0.4, -0.2) is 22.9 Å². The summed E-state index contributed by atoms with van der Waals surface area (Å²) in [7, 11) is -4.34. The fourth-order valence-corrected chi connectivity index (χ4v) is 1.94. The van der Waals surface area contributed by atoms with E-state index in [0.717, 1.165) is 0 Å². The standard InChI is InChI=1S/C11H10N2O4S/c1-8-6-7-12-11(13-8)17-9-4-2-3-5-10(9)18(14,15)16/h2-7H,1H3,(H,14,15,16). The van der Waals surface area contributed by atoms with Gasteiger partial charge in [0.1, 0.15) is 4.90 Å². The molecule has 1 aromatic carbocycles. The highest BCUT2D eigenvalue weighted by molar-refractivity contribution is 7.86. The van der Waals surface area contributed by atoms with Crippen LogP contribution in [0.15, 0.2) is 41.4 Å². The van der Waals surface area contributed by atoms with Gasteiger partial charge in [0.2, 0.25) is 0 Å². The monoisotopic (exact) mass is 266 g/mol. The van der Waals surface area contributed by atoms with Gasteiger partial charge in [0.15, 0.2) is 5.75 Å². The maximum Gasteiger partial charge on any atom is 0.322 e. The Morgan fingerprint density at radius 1 is 1.22 bits per heavy atom. The molecule has 0 unspecified atom stereocenters. The number of nitrogens with zero attached hydrogens (tertiary/aromatic N) is 2. The van der Waals surface area contributed by atoms with E-state index in [1.807, 2.05) is 0 Å². The second-order valence-corrected chi connectivity index (χ2v) is 4.89. The molecule has 1 aromatic heterocycles. The van der Waals surface area contributed by atoms with Crippen molar-refractivity contribution in [3.8, 4) is 11.8 Å². The molecule has 0 aliphatic carbocycles. The van der Waals surface area contributed by atoms with Crippen molar-refractivity contribution in [1.82, 2.24) is 9.97 Å². The molecule has 6 nitrogen and oxygen atoms in total. The lowest BCUT2D eigenvalue weighted by Crippen LogP contribution is -2.02. The molecular formula is C11H10N2O4S. The summed E-state index contributed by atoms with van der Waals surface area (Å²) in [6, 6.07) is 7.41. The minimum atomic E-state index is -4.34. The van der Waals surface area contributed by atoms with Crippen LogP contribution >= 0.6 is 0 Å². The van der Waals surface area contributed by atoms with Gasteiger partial charge in [-0.2, -0.15) is 8.42 Å². The molecule has 18 heavy (non-hydrogen) atoms. The average Bonchev–Trinajstić information content (AvgIpc) is 2.28. The van der Waals surface area contributed by atoms with Crippen LogP contribution in [0.4, 0.5) is 0 Å². The van der Waals surface area contributed by atoms with Crippen LogP contribution in [0.3, 0.4) is 0 Å². The van der Waals surface area contributed by atoms with Crippen molar-refractivity contribution in [1.29, 1.82) is 0 Å². The molecule has 0 saturated heterocycles. The molecule has 0 aliphatic heterocycles. The number of rotatable bonds is 3. The van der Waals surface area contributed by atoms with Gasteiger partial charge in [0.05, 0.1) is 0 Å². The predicted molar refractivity (Wildman–Crippen MR) is 63.1 cm³/mol. The molecule has 2 rings (SSSR count). The fourth-order valence-electron chi connectivity index (χ4n) is 1.32. The Hall–Kier alpha value is -1.99. The Morgan fingerprint density at radius 3 is 2.61 bits per heavy atom. The highest BCUT2D eigenvalue weighted by atomic mass is 32.2. The van der Waals surface area contributed by atoms with E-state index in [1.54, 1.807) is 19.1 Å². The van der Waals surface area contributed by atoms with Crippen LogP contribution in [0.2, 0.25) is 0 Å². The van der Waals surface area contributed by atoms with E-state index in [-0.39, 0.29) is 16.7 Å². The second kappa shape index (κ2) is 4.71. The van der Waals surface area contributed by atoms with E-state index in [4.69, 9.17) is 9.29 Å². The molecule has 0 bridgehead atoms. The van der Waals surface area contributed by atoms with E-state index in [1.165, 1.54) is 24.4 Å². The number of hydrogen-bond acceptors (Lipinski definition) is 5. The van der Waals surface area contributed by atoms with Crippen LogP contribution in [0, 0.1) is 6.92 Å². The number of hydrogen-bond donors (Lipinski definition) is 1. The third-order valence-corrected chi connectivity index (χ3v) is 2.99. The SMILES string of the molecule is Cc1ccnc(Oc2ccccc2S(=O)(=O)O)n1. The Morgan fingerprint density at radius 2 is 1.94 bits per heavy atom. The zero-order valence-electron chi connectivity index (χ0n) is 9.44. The van der Waals surface area contributed by atoms with Gasteiger partial charge >= 0.3 is 6.01 Å². The van der Waals surface area contributed by atoms with E-state index in [0.29, 0.717) is 5.69 Å². The summed E-state index contributed by atoms with van der Waals surface area (Å²) in [5.74, 6) is -0.0226. The van der Waals surface area contributed by atoms with Crippen LogP contribution in [0.1, 0.15) is 5.69 Å². The van der Waals surface area contributed by atoms with Crippen molar-refractivity contribution in [2.45, 2.75) is 11.8 Å². The van der Waals surface area contributed by atoms with Crippen LogP contribution in [-0.2, 0) is 10.1 Å². The highest BCUT2D eigenvalue weighted by Crippen LogP contribution is 2.26. The normalized spacial score (nSPS) is 11.2. The first-order valence-corrected chi connectivity index (χ1v) is 6.45. The zero-order valence-corrected chi connectivity index (χ0v) is 10.3. The lowest BCUT2D eigenvalue weighted by atomic mass is 10.3. The summed E-state index contributed by atoms with van der Waals surface area (Å²) in [5, 5.41) is 0. The third-order valence-electron chi connectivity index (χ3n) is 2.10. The number of benzene rings is 1. The second-order valence-electron chi connectivity index (χ2n) is 3.50. The molecule has 2 aromatic rings. The molecular weight excluding hydrogens is 256 g/mol. The smallest absolute Gasteiger partial charge is 0.322 e. The van der Waals surface area contributed by atoms with Crippen molar-refractivity contribution in [2.24, 2.45) is 0 Å². The highest BCUT2D eigenvalue weighted by Gasteiger charge is 2.17. The quantitative estimate of drug-likeness (QED) is 0.852. The summed E-state index contributed by atoms with van der Waals surface area (Å²) in [4.78, 5) is 7.51. The molecule has 7 heteroatoms. The Balaban J connectivity index is 2.41. The van der Waals surface area contributed by atoms with E-state index >= 15 is 0 Å². The van der Waals surface area contributed by atoms with Gasteiger partial charge < -0.3 is 4.74 Å². The lowest BCUT2D eigenvalue weighted by molar-refractivity contribution is 0.421. The molecule has 94 valence electrons. The molecule has 0 fully saturated rings. The number of para-hydroxylation sites is 1. The Labute approximate surface area is 104 Å². The largest absolute Gasteiger partial charge is 0.423 e. The van der Waals surface area contributed by atoms with E-state index < -0.39 is 10.1 Å². The summed E-state index contributed by atoms with van der Waals surface area (Å²) >= 11 is 0. The van der Waals surface area contributed by atoms with Crippen LogP contribution in [0.25, 0.3) is 0 Å². The average molecular weight is 266 g/mol. The first-order valence-electron chi connectivity index (χ1n) is 5.01. The first kappa shape index (κ1) is 12.5. The van der Waals surface area contributed by atoms with E-state index in [9.17, 15) is 8.42 Å². The van der Waals surface area contributed by atoms with E-state index in [2.05, 4.69) is 9.97 Å². The maximum atomic E-state index is 11.1. The van der Waals surface area contributed by atoms with Crippen molar-refractivity contribution in [2.75, 3.05) is 0 Å². The maximum absolute atomic E-state index is 11.1. The third kappa shape index (κ3) is 2.82. The predicted octanol–water partition coefficient (Wildman–Crippen LogP) is 1.82. The minimum absolute atomic E-state index is 0.0195. The van der Waals surface area contributed by atoms with Crippen molar-refractivity contribution < 1.29 is 17.7 Å². The molecule has 1 heterocycles. The molecule has 0 atom stereocenters. The van der Waals surface area contributed by atoms with Gasteiger partial charge in [-0.3, -0.25) is 4.55 Å². The van der Waals surface area contributed by atoms with Crippen molar-refractivity contribution in [3.05, 3.63) is 42.2 Å². The van der Waals surface area contributed by atoms with Crippen LogP contribution < -0.4 is 4.74 Å². The first-order chi connectivity index (χ1) is 8.47. The molecule has 1 N–H and O–H groups in total. The summed E-state index contributed by atoms with van der Waals surface area (Å²) in [6.45, 7) is 1.75. The molecule has 0 amide bonds. The van der Waals surface area contributed by atoms with Gasteiger partial charge in [-0.15, -0.1) is 0 Å². The van der Waals surface area contributed by atoms with Crippen molar-refractivity contribution >= 4 is 10.1 Å². The van der Waals surface area contributed by atoms with Gasteiger partial charge in [-0.1, -0.05) is 12.1 Å². The summed E-state index contributed by atoms with van der Waals surface area (Å²) < 4.78 is 36.6. The molecule has 0 radical (unpaired) electrons. The molecule has 0 saturated carbocycles. The van der Waals surface area contributed by atoms with Gasteiger partial charge in [-0.05, 0) is 25.1 Å². The van der Waals surface area contributed by atoms with Gasteiger partial charge in [0.25, 0.3) is 10.1 Å². The Kier molecular flexibility index (Phi) is 3.26. The summed E-state index contributed by atoms with van der Waals surface area (Å²) in [5.41, 5.74) is 0.685. The Bertz CT molecular complexity index is 670. The zero-order chi connectivity index (χ0) is 13.2. The topological polar surface area (TPSA) is 89.4 Å². The van der Waals surface area contributed by atoms with Gasteiger partial charge in [0, 0.05) is 11.9 Å². The fraction of sp³-hybridized carbons (Fsp3) is 0.0909. The van der Waals surface area contributed by atoms with Gasteiger partial charge in [-0.25, -0.2) is 9.97 Å². The summed E-state index contributed by atoms with van der Waals surface area (Å²) in [6.07, 6.45) is 1.49. The molecule has 0 spiro atoms. The minimum Gasteiger partial charge on any atom is -0.423 e. The number of aryl methyl sites for hydroxylation is 1. The number of ether oxygens (including phenoxy) is 1. The number of aromatic nitrogens is 2. The van der Waals surface area contributed by atoms with Crippen molar-refractivity contribution in [3.63, 3.8) is 0 Å².